The maximum absolute atomic E-state index is 13.4. The van der Waals surface area contributed by atoms with Gasteiger partial charge in [0.05, 0.1) is 34.5 Å². The van der Waals surface area contributed by atoms with Crippen LogP contribution >= 0.6 is 0 Å². The van der Waals surface area contributed by atoms with Gasteiger partial charge in [0.15, 0.2) is 11.5 Å². The summed E-state index contributed by atoms with van der Waals surface area (Å²) in [4.78, 5) is 16.7. The largest absolute Gasteiger partial charge is 0.453 e. The van der Waals surface area contributed by atoms with E-state index >= 15 is 0 Å². The van der Waals surface area contributed by atoms with Gasteiger partial charge in [0.1, 0.15) is 5.60 Å². The fourth-order valence-electron chi connectivity index (χ4n) is 4.91. The number of likely N-dealkylation sites (tertiary alicyclic amines) is 1. The lowest BCUT2D eigenvalue weighted by Crippen LogP contribution is -2.66. The molecule has 0 aromatic heterocycles. The van der Waals surface area contributed by atoms with Crippen molar-refractivity contribution < 1.29 is 27.8 Å². The predicted molar refractivity (Wildman–Crippen MR) is 148 cm³/mol. The SMILES string of the molecule is Cc1ccc(S(=O)(=O)N[C@@H]2CN(C(=O)OC(C)(C)C)C[C@H](N3c4ccccc4Oc4ccccc43)[C@H]2O)cc1. The van der Waals surface area contributed by atoms with Crippen molar-refractivity contribution in [2.45, 2.75) is 56.4 Å². The molecule has 3 atom stereocenters. The Labute approximate surface area is 229 Å². The van der Waals surface area contributed by atoms with E-state index in [4.69, 9.17) is 9.47 Å². The molecule has 0 radical (unpaired) electrons. The molecule has 1 saturated heterocycles. The third kappa shape index (κ3) is 5.59. The summed E-state index contributed by atoms with van der Waals surface area (Å²) in [6.07, 6.45) is -1.77. The number of amides is 1. The van der Waals surface area contributed by atoms with Crippen LogP contribution in [-0.2, 0) is 14.8 Å². The summed E-state index contributed by atoms with van der Waals surface area (Å²) >= 11 is 0. The quantitative estimate of drug-likeness (QED) is 0.489. The highest BCUT2D eigenvalue weighted by molar-refractivity contribution is 7.89. The minimum atomic E-state index is -4.00. The lowest BCUT2D eigenvalue weighted by molar-refractivity contribution is -0.00353. The van der Waals surface area contributed by atoms with Crippen LogP contribution in [0.5, 0.6) is 11.5 Å². The van der Waals surface area contributed by atoms with Crippen LogP contribution in [0.3, 0.4) is 0 Å². The fraction of sp³-hybridized carbons (Fsp3) is 0.345. The summed E-state index contributed by atoms with van der Waals surface area (Å²) in [5, 5.41) is 11.7. The number of aliphatic hydroxyl groups excluding tert-OH is 1. The molecule has 0 unspecified atom stereocenters. The van der Waals surface area contributed by atoms with Crippen molar-refractivity contribution >= 4 is 27.5 Å². The number of nitrogens with zero attached hydrogens (tertiary/aromatic N) is 2. The number of hydrogen-bond donors (Lipinski definition) is 2. The van der Waals surface area contributed by atoms with E-state index < -0.39 is 39.9 Å². The van der Waals surface area contributed by atoms with E-state index in [0.29, 0.717) is 22.9 Å². The Balaban J connectivity index is 1.55. The number of piperidine rings is 1. The van der Waals surface area contributed by atoms with Gasteiger partial charge in [-0.25, -0.2) is 17.9 Å². The van der Waals surface area contributed by atoms with Crippen molar-refractivity contribution in [2.75, 3.05) is 18.0 Å². The van der Waals surface area contributed by atoms with E-state index in [1.54, 1.807) is 32.9 Å². The average Bonchev–Trinajstić information content (AvgIpc) is 2.88. The molecular formula is C29H33N3O6S. The summed E-state index contributed by atoms with van der Waals surface area (Å²) in [5.74, 6) is 1.18. The standard InChI is InChI=1S/C29H33N3O6S/c1-19-13-15-20(16-14-19)39(35,36)30-21-17-31(28(34)38-29(2,3)4)18-24(27(21)33)32-22-9-5-7-11-25(22)37-26-12-8-6-10-23(26)32/h5-16,21,24,27,30,33H,17-18H2,1-4H3/t21-,24+,27+/m1/s1. The molecule has 0 saturated carbocycles. The second-order valence-electron chi connectivity index (χ2n) is 10.9. The monoisotopic (exact) mass is 551 g/mol. The molecule has 2 N–H and O–H groups in total. The maximum Gasteiger partial charge on any atom is 0.410 e. The minimum Gasteiger partial charge on any atom is -0.453 e. The Morgan fingerprint density at radius 1 is 0.949 bits per heavy atom. The fourth-order valence-corrected chi connectivity index (χ4v) is 6.16. The van der Waals surface area contributed by atoms with Crippen LogP contribution in [0, 0.1) is 6.92 Å². The Hall–Kier alpha value is -3.60. The summed E-state index contributed by atoms with van der Waals surface area (Å²) in [6, 6.07) is 19.6. The van der Waals surface area contributed by atoms with Gasteiger partial charge in [-0.05, 0) is 64.1 Å². The number of para-hydroxylation sites is 4. The van der Waals surface area contributed by atoms with Crippen LogP contribution in [0.4, 0.5) is 16.2 Å². The van der Waals surface area contributed by atoms with Gasteiger partial charge in [0.25, 0.3) is 0 Å². The molecule has 0 spiro atoms. The lowest BCUT2D eigenvalue weighted by Gasteiger charge is -2.48. The van der Waals surface area contributed by atoms with Crippen LogP contribution in [-0.4, -0.2) is 61.4 Å². The number of ether oxygens (including phenoxy) is 2. The summed E-state index contributed by atoms with van der Waals surface area (Å²) in [7, 11) is -4.00. The van der Waals surface area contributed by atoms with E-state index in [9.17, 15) is 18.3 Å². The van der Waals surface area contributed by atoms with Crippen molar-refractivity contribution in [1.29, 1.82) is 0 Å². The molecule has 0 bridgehead atoms. The third-order valence-electron chi connectivity index (χ3n) is 6.72. The first-order valence-corrected chi connectivity index (χ1v) is 14.3. The van der Waals surface area contributed by atoms with Gasteiger partial charge < -0.3 is 24.4 Å². The number of carbonyl (C=O) groups is 1. The Bertz CT molecular complexity index is 1420. The molecular weight excluding hydrogens is 518 g/mol. The van der Waals surface area contributed by atoms with Crippen LogP contribution in [0.2, 0.25) is 0 Å². The zero-order valence-corrected chi connectivity index (χ0v) is 23.2. The average molecular weight is 552 g/mol. The molecule has 9 nitrogen and oxygen atoms in total. The third-order valence-corrected chi connectivity index (χ3v) is 8.23. The van der Waals surface area contributed by atoms with Gasteiger partial charge >= 0.3 is 6.09 Å². The number of aliphatic hydroxyl groups is 1. The van der Waals surface area contributed by atoms with Crippen molar-refractivity contribution in [3.63, 3.8) is 0 Å². The first-order chi connectivity index (χ1) is 18.4. The van der Waals surface area contributed by atoms with Crippen LogP contribution in [0.15, 0.2) is 77.7 Å². The van der Waals surface area contributed by atoms with Crippen LogP contribution in [0.1, 0.15) is 26.3 Å². The Morgan fingerprint density at radius 2 is 1.51 bits per heavy atom. The molecule has 206 valence electrons. The smallest absolute Gasteiger partial charge is 0.410 e. The summed E-state index contributed by atoms with van der Waals surface area (Å²) in [6.45, 7) is 7.22. The topological polar surface area (TPSA) is 108 Å². The van der Waals surface area contributed by atoms with Crippen molar-refractivity contribution in [1.82, 2.24) is 9.62 Å². The molecule has 0 aliphatic carbocycles. The molecule has 5 rings (SSSR count). The van der Waals surface area contributed by atoms with Gasteiger partial charge in [-0.2, -0.15) is 0 Å². The number of rotatable bonds is 4. The number of benzene rings is 3. The number of aryl methyl sites for hydroxylation is 1. The highest BCUT2D eigenvalue weighted by Gasteiger charge is 2.45. The van der Waals surface area contributed by atoms with Crippen molar-refractivity contribution in [3.8, 4) is 11.5 Å². The first kappa shape index (κ1) is 27.0. The van der Waals surface area contributed by atoms with Gasteiger partial charge in [0.2, 0.25) is 10.0 Å². The van der Waals surface area contributed by atoms with Crippen molar-refractivity contribution in [3.05, 3.63) is 78.4 Å². The van der Waals surface area contributed by atoms with Gasteiger partial charge in [-0.3, -0.25) is 0 Å². The number of sulfonamides is 1. The van der Waals surface area contributed by atoms with Gasteiger partial charge in [-0.1, -0.05) is 42.0 Å². The number of carbonyl (C=O) groups excluding carboxylic acids is 1. The second-order valence-corrected chi connectivity index (χ2v) is 12.6. The molecule has 10 heteroatoms. The van der Waals surface area contributed by atoms with E-state index in [2.05, 4.69) is 4.72 Å². The first-order valence-electron chi connectivity index (χ1n) is 12.8. The van der Waals surface area contributed by atoms with E-state index in [1.807, 2.05) is 60.4 Å². The molecule has 2 aliphatic heterocycles. The molecule has 2 heterocycles. The molecule has 3 aromatic carbocycles. The molecule has 3 aromatic rings. The highest BCUT2D eigenvalue weighted by atomic mass is 32.2. The lowest BCUT2D eigenvalue weighted by atomic mass is 9.94. The van der Waals surface area contributed by atoms with Crippen molar-refractivity contribution in [2.24, 2.45) is 0 Å². The maximum atomic E-state index is 13.4. The molecule has 1 amide bonds. The Kier molecular flexibility index (Phi) is 7.04. The zero-order valence-electron chi connectivity index (χ0n) is 22.4. The number of nitrogens with one attached hydrogen (secondary N) is 1. The van der Waals surface area contributed by atoms with Crippen LogP contribution in [0.25, 0.3) is 0 Å². The summed E-state index contributed by atoms with van der Waals surface area (Å²) < 4.78 is 41.1. The molecule has 2 aliphatic rings. The van der Waals surface area contributed by atoms with Crippen LogP contribution < -0.4 is 14.4 Å². The number of anilines is 2. The Morgan fingerprint density at radius 3 is 2.08 bits per heavy atom. The highest BCUT2D eigenvalue weighted by Crippen LogP contribution is 2.48. The predicted octanol–water partition coefficient (Wildman–Crippen LogP) is 4.57. The minimum absolute atomic E-state index is 0.0642. The zero-order chi connectivity index (χ0) is 27.9. The number of hydrogen-bond acceptors (Lipinski definition) is 7. The van der Waals surface area contributed by atoms with E-state index in [1.165, 1.54) is 17.0 Å². The second kappa shape index (κ2) is 10.2. The van der Waals surface area contributed by atoms with Gasteiger partial charge in [-0.15, -0.1) is 0 Å². The number of fused-ring (bicyclic) bond motifs is 2. The summed E-state index contributed by atoms with van der Waals surface area (Å²) in [5.41, 5.74) is 1.57. The van der Waals surface area contributed by atoms with Gasteiger partial charge in [0, 0.05) is 13.1 Å². The van der Waals surface area contributed by atoms with E-state index in [0.717, 1.165) is 5.56 Å². The molecule has 1 fully saturated rings. The normalized spacial score (nSPS) is 21.0. The van der Waals surface area contributed by atoms with E-state index in [-0.39, 0.29) is 18.0 Å². The molecule has 39 heavy (non-hydrogen) atoms.